The summed E-state index contributed by atoms with van der Waals surface area (Å²) in [5.74, 6) is 0.245. The van der Waals surface area contributed by atoms with Crippen LogP contribution in [0.25, 0.3) is 0 Å². The van der Waals surface area contributed by atoms with Crippen molar-refractivity contribution < 1.29 is 9.53 Å². The Hall–Kier alpha value is -0.420. The maximum atomic E-state index is 11.5. The highest BCUT2D eigenvalue weighted by molar-refractivity contribution is 9.11. The SMILES string of the molecule is CCOC(=O)c1sc(Br)nc1C1CC1. The minimum atomic E-state index is -0.238. The number of carbonyl (C=O) groups excluding carboxylic acids is 1. The predicted molar refractivity (Wildman–Crippen MR) is 57.7 cm³/mol. The first-order valence-electron chi connectivity index (χ1n) is 4.55. The first-order valence-corrected chi connectivity index (χ1v) is 6.16. The number of nitrogens with zero attached hydrogens (tertiary/aromatic N) is 1. The van der Waals surface area contributed by atoms with Gasteiger partial charge >= 0.3 is 5.97 Å². The van der Waals surface area contributed by atoms with Crippen LogP contribution in [0, 0.1) is 0 Å². The average Bonchev–Trinajstić information content (AvgIpc) is 2.90. The Bertz CT molecular complexity index is 360. The molecule has 0 aliphatic heterocycles. The number of aromatic nitrogens is 1. The maximum absolute atomic E-state index is 11.5. The molecule has 0 unspecified atom stereocenters. The fourth-order valence-electron chi connectivity index (χ4n) is 1.28. The van der Waals surface area contributed by atoms with Gasteiger partial charge in [-0.2, -0.15) is 0 Å². The Balaban J connectivity index is 2.26. The largest absolute Gasteiger partial charge is 0.462 e. The fraction of sp³-hybridized carbons (Fsp3) is 0.556. The third-order valence-corrected chi connectivity index (χ3v) is 3.55. The van der Waals surface area contributed by atoms with Crippen LogP contribution in [0.4, 0.5) is 0 Å². The Labute approximate surface area is 94.6 Å². The zero-order valence-electron chi connectivity index (χ0n) is 7.75. The van der Waals surface area contributed by atoms with Gasteiger partial charge in [-0.15, -0.1) is 0 Å². The minimum Gasteiger partial charge on any atom is -0.462 e. The van der Waals surface area contributed by atoms with Crippen molar-refractivity contribution >= 4 is 33.2 Å². The predicted octanol–water partition coefficient (Wildman–Crippen LogP) is 2.96. The van der Waals surface area contributed by atoms with Crippen LogP contribution in [-0.4, -0.2) is 17.6 Å². The standard InChI is InChI=1S/C9H10BrNO2S/c1-2-13-8(12)7-6(5-3-4-5)11-9(10)14-7/h5H,2-4H2,1H3. The average molecular weight is 276 g/mol. The van der Waals surface area contributed by atoms with E-state index in [4.69, 9.17) is 4.74 Å². The number of hydrogen-bond acceptors (Lipinski definition) is 4. The molecule has 3 nitrogen and oxygen atoms in total. The zero-order chi connectivity index (χ0) is 10.1. The molecule has 0 amide bonds. The minimum absolute atomic E-state index is 0.238. The molecule has 2 rings (SSSR count). The monoisotopic (exact) mass is 275 g/mol. The van der Waals surface area contributed by atoms with E-state index in [1.54, 1.807) is 0 Å². The second-order valence-corrected chi connectivity index (χ2v) is 5.45. The van der Waals surface area contributed by atoms with Gasteiger partial charge in [0.25, 0.3) is 0 Å². The van der Waals surface area contributed by atoms with Crippen LogP contribution in [0.15, 0.2) is 3.92 Å². The van der Waals surface area contributed by atoms with E-state index in [2.05, 4.69) is 20.9 Å². The van der Waals surface area contributed by atoms with Crippen molar-refractivity contribution in [3.05, 3.63) is 14.5 Å². The molecule has 1 saturated carbocycles. The van der Waals surface area contributed by atoms with Crippen molar-refractivity contribution in [2.45, 2.75) is 25.7 Å². The van der Waals surface area contributed by atoms with E-state index in [-0.39, 0.29) is 5.97 Å². The Morgan fingerprint density at radius 1 is 1.71 bits per heavy atom. The summed E-state index contributed by atoms with van der Waals surface area (Å²) in [5, 5.41) is 0. The van der Waals surface area contributed by atoms with Crippen molar-refractivity contribution in [3.8, 4) is 0 Å². The molecule has 1 aliphatic rings. The molecular formula is C9H10BrNO2S. The van der Waals surface area contributed by atoms with Gasteiger partial charge in [-0.25, -0.2) is 9.78 Å². The lowest BCUT2D eigenvalue weighted by Gasteiger charge is -1.99. The summed E-state index contributed by atoms with van der Waals surface area (Å²) in [6.45, 7) is 2.23. The number of rotatable bonds is 3. The van der Waals surface area contributed by atoms with Gasteiger partial charge in [-0.05, 0) is 35.7 Å². The molecule has 1 heterocycles. The molecule has 76 valence electrons. The highest BCUT2D eigenvalue weighted by Crippen LogP contribution is 2.43. The maximum Gasteiger partial charge on any atom is 0.350 e. The Kier molecular flexibility index (Phi) is 2.88. The van der Waals surface area contributed by atoms with Gasteiger partial charge in [0.05, 0.1) is 12.3 Å². The molecule has 14 heavy (non-hydrogen) atoms. The third-order valence-electron chi connectivity index (χ3n) is 2.05. The van der Waals surface area contributed by atoms with E-state index in [9.17, 15) is 4.79 Å². The number of halogens is 1. The molecule has 0 bridgehead atoms. The summed E-state index contributed by atoms with van der Waals surface area (Å²) in [4.78, 5) is 16.5. The van der Waals surface area contributed by atoms with Gasteiger partial charge in [0, 0.05) is 5.92 Å². The van der Waals surface area contributed by atoms with Gasteiger partial charge < -0.3 is 4.74 Å². The molecule has 0 radical (unpaired) electrons. The summed E-state index contributed by atoms with van der Waals surface area (Å²) in [6.07, 6.45) is 2.28. The molecule has 0 N–H and O–H groups in total. The van der Waals surface area contributed by atoms with Crippen LogP contribution < -0.4 is 0 Å². The molecule has 0 spiro atoms. The van der Waals surface area contributed by atoms with Crippen molar-refractivity contribution in [1.82, 2.24) is 4.98 Å². The number of esters is 1. The number of hydrogen-bond donors (Lipinski definition) is 0. The van der Waals surface area contributed by atoms with Crippen LogP contribution in [0.1, 0.15) is 41.0 Å². The number of ether oxygens (including phenoxy) is 1. The number of thiazole rings is 1. The normalized spacial score (nSPS) is 15.6. The van der Waals surface area contributed by atoms with Gasteiger partial charge in [0.15, 0.2) is 3.92 Å². The van der Waals surface area contributed by atoms with E-state index >= 15 is 0 Å². The highest BCUT2D eigenvalue weighted by Gasteiger charge is 2.32. The van der Waals surface area contributed by atoms with Gasteiger partial charge in [0.1, 0.15) is 4.88 Å². The summed E-state index contributed by atoms with van der Waals surface area (Å²) in [7, 11) is 0. The first-order chi connectivity index (χ1) is 6.72. The molecule has 1 aliphatic carbocycles. The smallest absolute Gasteiger partial charge is 0.350 e. The third kappa shape index (κ3) is 1.98. The van der Waals surface area contributed by atoms with Gasteiger partial charge in [-0.1, -0.05) is 11.3 Å². The van der Waals surface area contributed by atoms with Crippen LogP contribution in [0.2, 0.25) is 0 Å². The van der Waals surface area contributed by atoms with Crippen LogP contribution in [-0.2, 0) is 4.74 Å². The lowest BCUT2D eigenvalue weighted by Crippen LogP contribution is -2.05. The summed E-state index contributed by atoms with van der Waals surface area (Å²) < 4.78 is 5.74. The lowest BCUT2D eigenvalue weighted by atomic mass is 10.2. The molecule has 1 aromatic heterocycles. The molecule has 1 aromatic rings. The summed E-state index contributed by atoms with van der Waals surface area (Å²) >= 11 is 4.66. The van der Waals surface area contributed by atoms with Gasteiger partial charge in [0.2, 0.25) is 0 Å². The number of carbonyl (C=O) groups is 1. The second kappa shape index (κ2) is 3.98. The Morgan fingerprint density at radius 3 is 3.00 bits per heavy atom. The van der Waals surface area contributed by atoms with Crippen LogP contribution >= 0.6 is 27.3 Å². The topological polar surface area (TPSA) is 39.2 Å². The van der Waals surface area contributed by atoms with Crippen molar-refractivity contribution in [3.63, 3.8) is 0 Å². The van der Waals surface area contributed by atoms with E-state index < -0.39 is 0 Å². The molecule has 5 heteroatoms. The van der Waals surface area contributed by atoms with Crippen molar-refractivity contribution in [2.75, 3.05) is 6.61 Å². The quantitative estimate of drug-likeness (QED) is 0.797. The van der Waals surface area contributed by atoms with E-state index in [0.717, 1.165) is 22.5 Å². The highest BCUT2D eigenvalue weighted by atomic mass is 79.9. The van der Waals surface area contributed by atoms with Gasteiger partial charge in [-0.3, -0.25) is 0 Å². The van der Waals surface area contributed by atoms with Crippen LogP contribution in [0.3, 0.4) is 0 Å². The first kappa shape index (κ1) is 10.1. The lowest BCUT2D eigenvalue weighted by molar-refractivity contribution is 0.0530. The molecular weight excluding hydrogens is 266 g/mol. The fourth-order valence-corrected chi connectivity index (χ4v) is 2.73. The van der Waals surface area contributed by atoms with Crippen LogP contribution in [0.5, 0.6) is 0 Å². The zero-order valence-corrected chi connectivity index (χ0v) is 10.2. The van der Waals surface area contributed by atoms with E-state index in [0.29, 0.717) is 17.4 Å². The molecule has 0 saturated heterocycles. The van der Waals surface area contributed by atoms with E-state index in [1.165, 1.54) is 11.3 Å². The molecule has 0 atom stereocenters. The molecule has 1 fully saturated rings. The van der Waals surface area contributed by atoms with E-state index in [1.807, 2.05) is 6.92 Å². The summed E-state index contributed by atoms with van der Waals surface area (Å²) in [6, 6.07) is 0. The Morgan fingerprint density at radius 2 is 2.43 bits per heavy atom. The summed E-state index contributed by atoms with van der Waals surface area (Å²) in [5.41, 5.74) is 0.917. The second-order valence-electron chi connectivity index (χ2n) is 3.18. The van der Waals surface area contributed by atoms with Crippen molar-refractivity contribution in [2.24, 2.45) is 0 Å². The van der Waals surface area contributed by atoms with Crippen molar-refractivity contribution in [1.29, 1.82) is 0 Å². The molecule has 0 aromatic carbocycles.